The molecule has 2 aromatic rings. The number of amides is 2. The predicted molar refractivity (Wildman–Crippen MR) is 137 cm³/mol. The molecule has 2 heterocycles. The van der Waals surface area contributed by atoms with Gasteiger partial charge in [0.15, 0.2) is 0 Å². The molecule has 1 saturated heterocycles. The fourth-order valence-corrected chi connectivity index (χ4v) is 5.94. The van der Waals surface area contributed by atoms with Gasteiger partial charge in [-0.3, -0.25) is 9.59 Å². The molecule has 2 aliphatic heterocycles. The number of hydrogen-bond donors (Lipinski definition) is 2. The number of nitrogens with one attached hydrogen (secondary N) is 2. The van der Waals surface area contributed by atoms with Crippen LogP contribution in [0.4, 0.5) is 11.4 Å². The molecular formula is C26H34N4O4S. The molecule has 188 valence electrons. The van der Waals surface area contributed by atoms with Crippen LogP contribution < -0.4 is 14.9 Å². The van der Waals surface area contributed by atoms with Crippen LogP contribution in [0, 0.1) is 5.92 Å². The lowest BCUT2D eigenvalue weighted by atomic mass is 10.0. The van der Waals surface area contributed by atoms with Crippen molar-refractivity contribution >= 4 is 33.2 Å². The number of rotatable bonds is 7. The van der Waals surface area contributed by atoms with E-state index < -0.39 is 16.1 Å². The van der Waals surface area contributed by atoms with Crippen LogP contribution in [0.1, 0.15) is 38.7 Å². The lowest BCUT2D eigenvalue weighted by Crippen LogP contribution is -2.55. The monoisotopic (exact) mass is 498 g/mol. The number of sulfonamides is 1. The standard InChI is InChI=1S/C26H34N4O4S/c1-19(2)17-24(26(32)30-15-13-29(14-16-30)21-8-4-3-5-9-21)28-35(33,34)22-11-12-23-20(18-22)7-6-10-25(31)27-23/h3-5,8-9,11-12,18-19,24,28H,6-7,10,13-17H2,1-2H3,(H,27,31)/t24-/m0/s1. The van der Waals surface area contributed by atoms with Crippen LogP contribution in [-0.2, 0) is 26.0 Å². The van der Waals surface area contributed by atoms with E-state index in [0.29, 0.717) is 57.5 Å². The average molecular weight is 499 g/mol. The minimum absolute atomic E-state index is 0.0626. The first-order valence-electron chi connectivity index (χ1n) is 12.3. The zero-order valence-electron chi connectivity index (χ0n) is 20.4. The van der Waals surface area contributed by atoms with Crippen LogP contribution in [0.5, 0.6) is 0 Å². The van der Waals surface area contributed by atoms with Gasteiger partial charge in [0, 0.05) is 44.0 Å². The van der Waals surface area contributed by atoms with E-state index in [4.69, 9.17) is 0 Å². The van der Waals surface area contributed by atoms with Gasteiger partial charge in [0.2, 0.25) is 21.8 Å². The number of anilines is 2. The van der Waals surface area contributed by atoms with E-state index in [1.54, 1.807) is 17.0 Å². The van der Waals surface area contributed by atoms with Gasteiger partial charge in [0.05, 0.1) is 4.90 Å². The van der Waals surface area contributed by atoms with Gasteiger partial charge < -0.3 is 15.1 Å². The van der Waals surface area contributed by atoms with E-state index >= 15 is 0 Å². The highest BCUT2D eigenvalue weighted by atomic mass is 32.2. The summed E-state index contributed by atoms with van der Waals surface area (Å²) in [5.41, 5.74) is 2.57. The minimum atomic E-state index is -3.92. The van der Waals surface area contributed by atoms with Gasteiger partial charge in [-0.1, -0.05) is 32.0 Å². The Hall–Kier alpha value is -2.91. The van der Waals surface area contributed by atoms with Gasteiger partial charge in [-0.15, -0.1) is 0 Å². The molecule has 0 spiro atoms. The van der Waals surface area contributed by atoms with Gasteiger partial charge >= 0.3 is 0 Å². The molecule has 2 aliphatic rings. The summed E-state index contributed by atoms with van der Waals surface area (Å²) in [4.78, 5) is 29.4. The molecule has 2 N–H and O–H groups in total. The second-order valence-corrected chi connectivity index (χ2v) is 11.4. The van der Waals surface area contributed by atoms with E-state index in [0.717, 1.165) is 11.3 Å². The summed E-state index contributed by atoms with van der Waals surface area (Å²) < 4.78 is 29.3. The Morgan fingerprint density at radius 1 is 1.03 bits per heavy atom. The number of carbonyl (C=O) groups excluding carboxylic acids is 2. The van der Waals surface area contributed by atoms with Crippen molar-refractivity contribution in [2.24, 2.45) is 5.92 Å². The zero-order valence-corrected chi connectivity index (χ0v) is 21.2. The van der Waals surface area contributed by atoms with Crippen LogP contribution >= 0.6 is 0 Å². The fourth-order valence-electron chi connectivity index (χ4n) is 4.69. The number of fused-ring (bicyclic) bond motifs is 1. The summed E-state index contributed by atoms with van der Waals surface area (Å²) in [6, 6.07) is 14.0. The molecule has 9 heteroatoms. The molecular weight excluding hydrogens is 464 g/mol. The highest BCUT2D eigenvalue weighted by molar-refractivity contribution is 7.89. The van der Waals surface area contributed by atoms with Crippen molar-refractivity contribution in [2.45, 2.75) is 50.5 Å². The number of aryl methyl sites for hydroxylation is 1. The first-order valence-corrected chi connectivity index (χ1v) is 13.7. The Morgan fingerprint density at radius 2 is 1.74 bits per heavy atom. The number of benzene rings is 2. The van der Waals surface area contributed by atoms with Crippen LogP contribution in [0.3, 0.4) is 0 Å². The van der Waals surface area contributed by atoms with Crippen molar-refractivity contribution < 1.29 is 18.0 Å². The van der Waals surface area contributed by atoms with Gasteiger partial charge in [0.1, 0.15) is 6.04 Å². The number of para-hydroxylation sites is 1. The van der Waals surface area contributed by atoms with Gasteiger partial charge in [-0.25, -0.2) is 8.42 Å². The van der Waals surface area contributed by atoms with Crippen molar-refractivity contribution in [1.29, 1.82) is 0 Å². The van der Waals surface area contributed by atoms with Crippen molar-refractivity contribution in [3.63, 3.8) is 0 Å². The molecule has 2 aromatic carbocycles. The van der Waals surface area contributed by atoms with E-state index in [2.05, 4.69) is 27.1 Å². The highest BCUT2D eigenvalue weighted by Gasteiger charge is 2.32. The normalized spacial score (nSPS) is 17.5. The van der Waals surface area contributed by atoms with Crippen LogP contribution in [0.25, 0.3) is 0 Å². The Bertz CT molecular complexity index is 1160. The Balaban J connectivity index is 1.47. The van der Waals surface area contributed by atoms with Crippen molar-refractivity contribution in [1.82, 2.24) is 9.62 Å². The average Bonchev–Trinajstić information content (AvgIpc) is 3.03. The van der Waals surface area contributed by atoms with Gasteiger partial charge in [-0.2, -0.15) is 4.72 Å². The number of hydrogen-bond acceptors (Lipinski definition) is 5. The maximum absolute atomic E-state index is 13.4. The highest BCUT2D eigenvalue weighted by Crippen LogP contribution is 2.26. The number of carbonyl (C=O) groups is 2. The summed E-state index contributed by atoms with van der Waals surface area (Å²) in [7, 11) is -3.92. The molecule has 0 saturated carbocycles. The summed E-state index contributed by atoms with van der Waals surface area (Å²) in [6.07, 6.45) is 2.12. The molecule has 0 bridgehead atoms. The molecule has 0 aromatic heterocycles. The first-order chi connectivity index (χ1) is 16.7. The van der Waals surface area contributed by atoms with E-state index in [9.17, 15) is 18.0 Å². The SMILES string of the molecule is CC(C)C[C@H](NS(=O)(=O)c1ccc2c(c1)CCCC(=O)N2)C(=O)N1CCN(c2ccccc2)CC1. The predicted octanol–water partition coefficient (Wildman–Crippen LogP) is 3.00. The van der Waals surface area contributed by atoms with Crippen molar-refractivity contribution in [3.8, 4) is 0 Å². The molecule has 35 heavy (non-hydrogen) atoms. The van der Waals surface area contributed by atoms with Crippen molar-refractivity contribution in [3.05, 3.63) is 54.1 Å². The van der Waals surface area contributed by atoms with Crippen LogP contribution in [-0.4, -0.2) is 57.4 Å². The molecule has 4 rings (SSSR count). The Labute approximate surface area is 207 Å². The van der Waals surface area contributed by atoms with Gasteiger partial charge in [-0.05, 0) is 61.1 Å². The largest absolute Gasteiger partial charge is 0.368 e. The summed E-state index contributed by atoms with van der Waals surface area (Å²) in [5.74, 6) is -0.107. The van der Waals surface area contributed by atoms with E-state index in [-0.39, 0.29) is 22.6 Å². The number of piperazine rings is 1. The fraction of sp³-hybridized carbons (Fsp3) is 0.462. The lowest BCUT2D eigenvalue weighted by Gasteiger charge is -2.38. The minimum Gasteiger partial charge on any atom is -0.368 e. The summed E-state index contributed by atoms with van der Waals surface area (Å²) >= 11 is 0. The Morgan fingerprint density at radius 3 is 2.43 bits per heavy atom. The summed E-state index contributed by atoms with van der Waals surface area (Å²) in [5, 5.41) is 2.83. The first kappa shape index (κ1) is 25.2. The maximum atomic E-state index is 13.4. The zero-order chi connectivity index (χ0) is 25.0. The summed E-state index contributed by atoms with van der Waals surface area (Å²) in [6.45, 7) is 6.45. The molecule has 1 fully saturated rings. The third-order valence-corrected chi connectivity index (χ3v) is 8.00. The smallest absolute Gasteiger partial charge is 0.241 e. The molecule has 2 amide bonds. The lowest BCUT2D eigenvalue weighted by molar-refractivity contribution is -0.133. The number of nitrogens with zero attached hydrogens (tertiary/aromatic N) is 2. The third kappa shape index (κ3) is 6.21. The third-order valence-electron chi connectivity index (χ3n) is 6.53. The molecule has 0 radical (unpaired) electrons. The van der Waals surface area contributed by atoms with Crippen LogP contribution in [0.2, 0.25) is 0 Å². The quantitative estimate of drug-likeness (QED) is 0.612. The van der Waals surface area contributed by atoms with Gasteiger partial charge in [0.25, 0.3) is 0 Å². The molecule has 8 nitrogen and oxygen atoms in total. The van der Waals surface area contributed by atoms with E-state index in [1.165, 1.54) is 6.07 Å². The van der Waals surface area contributed by atoms with Crippen molar-refractivity contribution in [2.75, 3.05) is 36.4 Å². The second kappa shape index (κ2) is 10.8. The Kier molecular flexibility index (Phi) is 7.76. The topological polar surface area (TPSA) is 98.8 Å². The maximum Gasteiger partial charge on any atom is 0.241 e. The van der Waals surface area contributed by atoms with Crippen LogP contribution in [0.15, 0.2) is 53.4 Å². The molecule has 0 unspecified atom stereocenters. The molecule has 0 aliphatic carbocycles. The second-order valence-electron chi connectivity index (χ2n) is 9.67. The van der Waals surface area contributed by atoms with E-state index in [1.807, 2.05) is 32.0 Å². The molecule has 1 atom stereocenters.